The standard InChI is InChI=1S/C7H7NO4/c1-2-3-4-5-8-11-6(9)7(10)12-8/h1H,3-5H2. The summed E-state index contributed by atoms with van der Waals surface area (Å²) in [7, 11) is 0. The minimum absolute atomic E-state index is 0.307. The molecule has 0 bridgehead atoms. The first kappa shape index (κ1) is 8.40. The topological polar surface area (TPSA) is 65.3 Å². The molecule has 1 rings (SSSR count). The Bertz CT molecular complexity index is 361. The van der Waals surface area contributed by atoms with Gasteiger partial charge in [-0.15, -0.1) is 12.3 Å². The zero-order valence-electron chi connectivity index (χ0n) is 6.28. The average molecular weight is 169 g/mol. The van der Waals surface area contributed by atoms with Crippen LogP contribution in [0.3, 0.4) is 0 Å². The largest absolute Gasteiger partial charge is 0.446 e. The fraction of sp³-hybridized carbons (Fsp3) is 0.429. The van der Waals surface area contributed by atoms with Gasteiger partial charge in [-0.25, -0.2) is 9.59 Å². The van der Waals surface area contributed by atoms with Gasteiger partial charge in [0.15, 0.2) is 0 Å². The maximum absolute atomic E-state index is 10.4. The Hall–Kier alpha value is -1.70. The summed E-state index contributed by atoms with van der Waals surface area (Å²) in [5, 5.41) is 0. The molecule has 5 heteroatoms. The van der Waals surface area contributed by atoms with Crippen molar-refractivity contribution in [1.82, 2.24) is 4.91 Å². The average Bonchev–Trinajstić information content (AvgIpc) is 2.32. The van der Waals surface area contributed by atoms with Crippen LogP contribution in [0, 0.1) is 12.3 Å². The molecule has 64 valence electrons. The molecule has 0 radical (unpaired) electrons. The molecule has 0 fully saturated rings. The highest BCUT2D eigenvalue weighted by Gasteiger charge is 2.03. The van der Waals surface area contributed by atoms with Crippen LogP contribution in [0.4, 0.5) is 0 Å². The number of terminal acetylenes is 1. The first-order chi connectivity index (χ1) is 5.74. The normalized spacial score (nSPS) is 9.58. The number of unbranched alkanes of at least 4 members (excludes halogenated alkanes) is 1. The molecule has 0 saturated carbocycles. The molecule has 0 saturated heterocycles. The van der Waals surface area contributed by atoms with Crippen LogP contribution in [-0.2, 0) is 6.54 Å². The molecule has 0 aromatic carbocycles. The number of rotatable bonds is 3. The van der Waals surface area contributed by atoms with Gasteiger partial charge in [-0.1, -0.05) is 4.91 Å². The van der Waals surface area contributed by atoms with E-state index in [0.29, 0.717) is 19.4 Å². The van der Waals surface area contributed by atoms with Crippen molar-refractivity contribution in [2.24, 2.45) is 0 Å². The van der Waals surface area contributed by atoms with Gasteiger partial charge < -0.3 is 0 Å². The van der Waals surface area contributed by atoms with Crippen molar-refractivity contribution >= 4 is 0 Å². The summed E-state index contributed by atoms with van der Waals surface area (Å²) in [6.45, 7) is 0.307. The van der Waals surface area contributed by atoms with E-state index in [4.69, 9.17) is 6.42 Å². The highest BCUT2D eigenvalue weighted by molar-refractivity contribution is 4.82. The molecule has 0 amide bonds. The number of aromatic nitrogens is 1. The van der Waals surface area contributed by atoms with E-state index in [2.05, 4.69) is 15.0 Å². The van der Waals surface area contributed by atoms with Gasteiger partial charge in [0, 0.05) is 6.42 Å². The predicted molar refractivity (Wildman–Crippen MR) is 39.6 cm³/mol. The first-order valence-electron chi connectivity index (χ1n) is 3.39. The zero-order chi connectivity index (χ0) is 8.97. The van der Waals surface area contributed by atoms with Crippen molar-refractivity contribution in [2.45, 2.75) is 19.4 Å². The lowest BCUT2D eigenvalue weighted by atomic mass is 10.3. The highest BCUT2D eigenvalue weighted by Crippen LogP contribution is 1.90. The summed E-state index contributed by atoms with van der Waals surface area (Å²) in [4.78, 5) is 21.7. The van der Waals surface area contributed by atoms with Crippen LogP contribution in [0.1, 0.15) is 12.8 Å². The van der Waals surface area contributed by atoms with Crippen LogP contribution in [-0.4, -0.2) is 4.91 Å². The molecule has 1 heterocycles. The molecule has 12 heavy (non-hydrogen) atoms. The van der Waals surface area contributed by atoms with Crippen LogP contribution in [0.25, 0.3) is 0 Å². The molecule has 5 nitrogen and oxygen atoms in total. The van der Waals surface area contributed by atoms with E-state index >= 15 is 0 Å². The minimum atomic E-state index is -0.990. The number of hydrogen-bond acceptors (Lipinski definition) is 4. The lowest BCUT2D eigenvalue weighted by Crippen LogP contribution is -2.14. The van der Waals surface area contributed by atoms with E-state index in [-0.39, 0.29) is 0 Å². The van der Waals surface area contributed by atoms with Gasteiger partial charge in [0.2, 0.25) is 0 Å². The molecule has 0 aliphatic heterocycles. The van der Waals surface area contributed by atoms with Gasteiger partial charge in [0.1, 0.15) is 0 Å². The molecule has 0 unspecified atom stereocenters. The lowest BCUT2D eigenvalue weighted by Gasteiger charge is -1.91. The van der Waals surface area contributed by atoms with Crippen molar-refractivity contribution in [3.63, 3.8) is 0 Å². The molecule has 0 aliphatic carbocycles. The van der Waals surface area contributed by atoms with E-state index in [1.165, 1.54) is 0 Å². The molecular weight excluding hydrogens is 162 g/mol. The zero-order valence-corrected chi connectivity index (χ0v) is 6.28. The van der Waals surface area contributed by atoms with E-state index in [1.54, 1.807) is 0 Å². The Labute approximate surface area is 67.5 Å². The van der Waals surface area contributed by atoms with Crippen LogP contribution in [0.2, 0.25) is 0 Å². The number of nitrogens with zero attached hydrogens (tertiary/aromatic N) is 1. The van der Waals surface area contributed by atoms with E-state index < -0.39 is 11.3 Å². The van der Waals surface area contributed by atoms with Crippen LogP contribution in [0.5, 0.6) is 0 Å². The molecule has 0 aliphatic rings. The maximum Gasteiger partial charge on any atom is 0.446 e. The number of aryl methyl sites for hydroxylation is 1. The van der Waals surface area contributed by atoms with Crippen molar-refractivity contribution in [1.29, 1.82) is 0 Å². The molecule has 1 aromatic heterocycles. The third-order valence-electron chi connectivity index (χ3n) is 1.20. The van der Waals surface area contributed by atoms with E-state index in [9.17, 15) is 9.59 Å². The lowest BCUT2D eigenvalue weighted by molar-refractivity contribution is 0.0721. The van der Waals surface area contributed by atoms with Crippen molar-refractivity contribution in [3.05, 3.63) is 20.8 Å². The summed E-state index contributed by atoms with van der Waals surface area (Å²) in [6.07, 6.45) is 6.14. The van der Waals surface area contributed by atoms with E-state index in [1.807, 2.05) is 0 Å². The summed E-state index contributed by atoms with van der Waals surface area (Å²) >= 11 is 0. The monoisotopic (exact) mass is 169 g/mol. The quantitative estimate of drug-likeness (QED) is 0.357. The van der Waals surface area contributed by atoms with Crippen molar-refractivity contribution < 1.29 is 9.05 Å². The SMILES string of the molecule is C#CCCCn1oc(=O)c(=O)o1. The summed E-state index contributed by atoms with van der Waals surface area (Å²) in [6, 6.07) is 0. The Morgan fingerprint density at radius 1 is 1.33 bits per heavy atom. The van der Waals surface area contributed by atoms with E-state index in [0.717, 1.165) is 4.91 Å². The van der Waals surface area contributed by atoms with Crippen LogP contribution >= 0.6 is 0 Å². The van der Waals surface area contributed by atoms with Crippen molar-refractivity contribution in [3.8, 4) is 12.3 Å². The van der Waals surface area contributed by atoms with Gasteiger partial charge in [-0.3, -0.25) is 9.05 Å². The third-order valence-corrected chi connectivity index (χ3v) is 1.20. The van der Waals surface area contributed by atoms with Gasteiger partial charge in [0.05, 0.1) is 6.54 Å². The Kier molecular flexibility index (Phi) is 2.53. The second-order valence-corrected chi connectivity index (χ2v) is 2.12. The summed E-state index contributed by atoms with van der Waals surface area (Å²) in [5.74, 6) is 2.41. The molecule has 0 N–H and O–H groups in total. The summed E-state index contributed by atoms with van der Waals surface area (Å²) in [5.41, 5.74) is -1.98. The fourth-order valence-electron chi connectivity index (χ4n) is 0.680. The molecular formula is C7H7NO4. The predicted octanol–water partition coefficient (Wildman–Crippen LogP) is -0.192. The third kappa shape index (κ3) is 1.89. The van der Waals surface area contributed by atoms with Gasteiger partial charge in [0.25, 0.3) is 0 Å². The molecule has 1 aromatic rings. The minimum Gasteiger partial charge on any atom is -0.298 e. The first-order valence-corrected chi connectivity index (χ1v) is 3.39. The Morgan fingerprint density at radius 3 is 2.42 bits per heavy atom. The maximum atomic E-state index is 10.4. The van der Waals surface area contributed by atoms with Crippen molar-refractivity contribution in [2.75, 3.05) is 0 Å². The van der Waals surface area contributed by atoms with Crippen LogP contribution in [0.15, 0.2) is 18.6 Å². The fourth-order valence-corrected chi connectivity index (χ4v) is 0.680. The second kappa shape index (κ2) is 3.62. The summed E-state index contributed by atoms with van der Waals surface area (Å²) < 4.78 is 8.75. The van der Waals surface area contributed by atoms with Gasteiger partial charge in [-0.05, 0) is 6.42 Å². The highest BCUT2D eigenvalue weighted by atomic mass is 16.7. The number of hydrogen-bond donors (Lipinski definition) is 0. The van der Waals surface area contributed by atoms with Gasteiger partial charge >= 0.3 is 11.3 Å². The molecule has 0 atom stereocenters. The molecule has 0 spiro atoms. The smallest absolute Gasteiger partial charge is 0.298 e. The second-order valence-electron chi connectivity index (χ2n) is 2.12. The Morgan fingerprint density at radius 2 is 1.92 bits per heavy atom. The van der Waals surface area contributed by atoms with Crippen LogP contribution < -0.4 is 11.3 Å². The Balaban J connectivity index is 2.60. The van der Waals surface area contributed by atoms with Gasteiger partial charge in [-0.2, -0.15) is 0 Å².